The zero-order valence-corrected chi connectivity index (χ0v) is 12.5. The van der Waals surface area contributed by atoms with Crippen molar-refractivity contribution in [2.45, 2.75) is 13.8 Å². The molecule has 0 aromatic carbocycles. The molecule has 2 aromatic rings. The number of nitrogens with one attached hydrogen (secondary N) is 1. The third-order valence-corrected chi connectivity index (χ3v) is 4.12. The van der Waals surface area contributed by atoms with Gasteiger partial charge in [0, 0.05) is 19.8 Å². The van der Waals surface area contributed by atoms with Gasteiger partial charge in [0.15, 0.2) is 5.13 Å². The van der Waals surface area contributed by atoms with E-state index in [-0.39, 0.29) is 11.7 Å². The molecule has 0 spiro atoms. The minimum absolute atomic E-state index is 0.254. The number of carbonyl (C=O) groups is 1. The van der Waals surface area contributed by atoms with Crippen LogP contribution in [0.2, 0.25) is 0 Å². The summed E-state index contributed by atoms with van der Waals surface area (Å²) < 4.78 is 0. The first-order valence-corrected chi connectivity index (χ1v) is 7.04. The van der Waals surface area contributed by atoms with Crippen LogP contribution in [0.4, 0.5) is 16.6 Å². The number of nitrogens with two attached hydrogens (primary N) is 1. The van der Waals surface area contributed by atoms with Gasteiger partial charge in [-0.15, -0.1) is 0 Å². The predicted molar refractivity (Wildman–Crippen MR) is 82.4 cm³/mol. The van der Waals surface area contributed by atoms with Crippen molar-refractivity contribution in [1.29, 1.82) is 0 Å². The molecule has 3 N–H and O–H groups in total. The van der Waals surface area contributed by atoms with Crippen LogP contribution in [0.3, 0.4) is 0 Å². The largest absolute Gasteiger partial charge is 0.382 e. The van der Waals surface area contributed by atoms with Crippen molar-refractivity contribution in [1.82, 2.24) is 9.97 Å². The van der Waals surface area contributed by atoms with Gasteiger partial charge in [-0.1, -0.05) is 11.3 Å². The molecule has 106 valence electrons. The number of nitrogen functional groups attached to an aromatic ring is 1. The van der Waals surface area contributed by atoms with Gasteiger partial charge in [-0.25, -0.2) is 4.98 Å². The van der Waals surface area contributed by atoms with Gasteiger partial charge in [0.25, 0.3) is 5.91 Å². The standard InChI is InChI=1S/C13H17N5OS/c1-4-18(3)13-17-11(14)10(20-13)12(19)16-9-7-15-6-5-8(9)2/h5-7H,4,14H2,1-3H3,(H,16,19). The summed E-state index contributed by atoms with van der Waals surface area (Å²) >= 11 is 1.28. The maximum Gasteiger partial charge on any atom is 0.269 e. The Hall–Kier alpha value is -2.15. The first-order chi connectivity index (χ1) is 9.52. The quantitative estimate of drug-likeness (QED) is 0.901. The molecule has 2 rings (SSSR count). The Morgan fingerprint density at radius 1 is 1.55 bits per heavy atom. The number of hydrogen-bond donors (Lipinski definition) is 2. The number of hydrogen-bond acceptors (Lipinski definition) is 6. The summed E-state index contributed by atoms with van der Waals surface area (Å²) in [5.74, 6) is -0.00352. The van der Waals surface area contributed by atoms with Gasteiger partial charge in [0.05, 0.1) is 11.9 Å². The number of amides is 1. The molecule has 7 heteroatoms. The number of carbonyl (C=O) groups excluding carboxylic acids is 1. The maximum absolute atomic E-state index is 12.2. The second-order valence-electron chi connectivity index (χ2n) is 4.37. The van der Waals surface area contributed by atoms with Gasteiger partial charge in [-0.2, -0.15) is 0 Å². The summed E-state index contributed by atoms with van der Waals surface area (Å²) in [6, 6.07) is 1.84. The Morgan fingerprint density at radius 2 is 2.30 bits per heavy atom. The SMILES string of the molecule is CCN(C)c1nc(N)c(C(=O)Nc2cnccc2C)s1. The number of aryl methyl sites for hydroxylation is 1. The molecule has 0 bridgehead atoms. The lowest BCUT2D eigenvalue weighted by Crippen LogP contribution is -2.15. The van der Waals surface area contributed by atoms with E-state index in [9.17, 15) is 4.79 Å². The molecule has 0 aliphatic rings. The third kappa shape index (κ3) is 2.88. The molecule has 2 aromatic heterocycles. The minimum Gasteiger partial charge on any atom is -0.382 e. The summed E-state index contributed by atoms with van der Waals surface area (Å²) in [6.45, 7) is 4.72. The number of thiazole rings is 1. The summed E-state index contributed by atoms with van der Waals surface area (Å²) in [6.07, 6.45) is 3.30. The molecular formula is C13H17N5OS. The first kappa shape index (κ1) is 14.3. The van der Waals surface area contributed by atoms with Crippen LogP contribution in [-0.4, -0.2) is 29.5 Å². The summed E-state index contributed by atoms with van der Waals surface area (Å²) in [5.41, 5.74) is 7.45. The molecule has 0 fully saturated rings. The van der Waals surface area contributed by atoms with Crippen LogP contribution in [0.5, 0.6) is 0 Å². The molecule has 20 heavy (non-hydrogen) atoms. The van der Waals surface area contributed by atoms with Crippen molar-refractivity contribution < 1.29 is 4.79 Å². The van der Waals surface area contributed by atoms with E-state index in [1.807, 2.05) is 31.9 Å². The average molecular weight is 291 g/mol. The molecule has 1 amide bonds. The van der Waals surface area contributed by atoms with E-state index in [0.717, 1.165) is 17.2 Å². The van der Waals surface area contributed by atoms with Crippen molar-refractivity contribution in [3.05, 3.63) is 28.9 Å². The average Bonchev–Trinajstić information content (AvgIpc) is 2.82. The predicted octanol–water partition coefficient (Wildman–Crippen LogP) is 2.14. The summed E-state index contributed by atoms with van der Waals surface area (Å²) in [4.78, 5) is 22.8. The van der Waals surface area contributed by atoms with E-state index in [4.69, 9.17) is 5.73 Å². The zero-order valence-electron chi connectivity index (χ0n) is 11.7. The fourth-order valence-electron chi connectivity index (χ4n) is 1.56. The van der Waals surface area contributed by atoms with Gasteiger partial charge in [0.2, 0.25) is 0 Å². The monoisotopic (exact) mass is 291 g/mol. The van der Waals surface area contributed by atoms with Gasteiger partial charge >= 0.3 is 0 Å². The summed E-state index contributed by atoms with van der Waals surface area (Å²) in [7, 11) is 1.91. The molecular weight excluding hydrogens is 274 g/mol. The van der Waals surface area contributed by atoms with Crippen LogP contribution in [-0.2, 0) is 0 Å². The smallest absolute Gasteiger partial charge is 0.269 e. The number of pyridine rings is 1. The van der Waals surface area contributed by atoms with Crippen LogP contribution in [0, 0.1) is 6.92 Å². The van der Waals surface area contributed by atoms with Gasteiger partial charge < -0.3 is 16.0 Å². The Bertz CT molecular complexity index is 625. The van der Waals surface area contributed by atoms with Crippen LogP contribution >= 0.6 is 11.3 Å². The van der Waals surface area contributed by atoms with Crippen LogP contribution in [0.15, 0.2) is 18.5 Å². The fourth-order valence-corrected chi connectivity index (χ4v) is 2.46. The molecule has 6 nitrogen and oxygen atoms in total. The van der Waals surface area contributed by atoms with E-state index in [2.05, 4.69) is 15.3 Å². The molecule has 0 radical (unpaired) electrons. The highest BCUT2D eigenvalue weighted by atomic mass is 32.1. The lowest BCUT2D eigenvalue weighted by molar-refractivity contribution is 0.103. The van der Waals surface area contributed by atoms with Crippen molar-refractivity contribution in [3.63, 3.8) is 0 Å². The Morgan fingerprint density at radius 3 is 2.95 bits per heavy atom. The second-order valence-corrected chi connectivity index (χ2v) is 5.35. The van der Waals surface area contributed by atoms with E-state index in [0.29, 0.717) is 10.6 Å². The lowest BCUT2D eigenvalue weighted by atomic mass is 10.2. The maximum atomic E-state index is 12.2. The number of nitrogens with zero attached hydrogens (tertiary/aromatic N) is 3. The van der Waals surface area contributed by atoms with Crippen molar-refractivity contribution >= 4 is 33.9 Å². The summed E-state index contributed by atoms with van der Waals surface area (Å²) in [5, 5.41) is 3.54. The highest BCUT2D eigenvalue weighted by Gasteiger charge is 2.18. The van der Waals surface area contributed by atoms with Crippen molar-refractivity contribution in [3.8, 4) is 0 Å². The second kappa shape index (κ2) is 5.87. The van der Waals surface area contributed by atoms with Crippen molar-refractivity contribution in [2.24, 2.45) is 0 Å². The van der Waals surface area contributed by atoms with E-state index < -0.39 is 0 Å². The molecule has 0 aliphatic carbocycles. The topological polar surface area (TPSA) is 84.1 Å². The normalized spacial score (nSPS) is 10.3. The van der Waals surface area contributed by atoms with Crippen LogP contribution in [0.1, 0.15) is 22.2 Å². The molecule has 0 saturated carbocycles. The van der Waals surface area contributed by atoms with E-state index in [1.165, 1.54) is 11.3 Å². The van der Waals surface area contributed by atoms with Gasteiger partial charge in [-0.3, -0.25) is 9.78 Å². The first-order valence-electron chi connectivity index (χ1n) is 6.22. The Labute approximate surface area is 121 Å². The van der Waals surface area contributed by atoms with Crippen LogP contribution < -0.4 is 16.0 Å². The Balaban J connectivity index is 2.22. The molecule has 2 heterocycles. The van der Waals surface area contributed by atoms with Crippen molar-refractivity contribution in [2.75, 3.05) is 29.5 Å². The lowest BCUT2D eigenvalue weighted by Gasteiger charge is -2.11. The van der Waals surface area contributed by atoms with E-state index >= 15 is 0 Å². The Kier molecular flexibility index (Phi) is 4.19. The number of rotatable bonds is 4. The number of anilines is 3. The molecule has 0 aliphatic heterocycles. The van der Waals surface area contributed by atoms with Gasteiger partial charge in [0.1, 0.15) is 10.7 Å². The van der Waals surface area contributed by atoms with Gasteiger partial charge in [-0.05, 0) is 25.5 Å². The number of aromatic nitrogens is 2. The third-order valence-electron chi connectivity index (χ3n) is 2.94. The molecule has 0 atom stereocenters. The molecule has 0 saturated heterocycles. The zero-order chi connectivity index (χ0) is 14.7. The molecule has 0 unspecified atom stereocenters. The van der Waals surface area contributed by atoms with E-state index in [1.54, 1.807) is 12.4 Å². The van der Waals surface area contributed by atoms with Crippen LogP contribution in [0.25, 0.3) is 0 Å². The fraction of sp³-hybridized carbons (Fsp3) is 0.308. The highest BCUT2D eigenvalue weighted by molar-refractivity contribution is 7.18. The minimum atomic E-state index is -0.258. The highest BCUT2D eigenvalue weighted by Crippen LogP contribution is 2.28.